The predicted octanol–water partition coefficient (Wildman–Crippen LogP) is 5.26. The highest BCUT2D eigenvalue weighted by Crippen LogP contribution is 2.40. The summed E-state index contributed by atoms with van der Waals surface area (Å²) in [5.41, 5.74) is 2.61. The van der Waals surface area contributed by atoms with E-state index >= 15 is 0 Å². The molecule has 0 spiro atoms. The van der Waals surface area contributed by atoms with Gasteiger partial charge in [-0.2, -0.15) is 0 Å². The van der Waals surface area contributed by atoms with Crippen LogP contribution in [0, 0.1) is 0 Å². The van der Waals surface area contributed by atoms with Crippen LogP contribution in [0.5, 0.6) is 5.75 Å². The van der Waals surface area contributed by atoms with Crippen LogP contribution in [0.15, 0.2) is 54.1 Å². The number of carbonyl (C=O) groups excluding carboxylic acids is 2. The molecule has 1 aliphatic heterocycles. The second kappa shape index (κ2) is 10.3. The molecule has 3 rings (SSSR count). The number of Topliss-reactive ketones (excluding diaryl/α,β-unsaturated/α-hetero) is 1. The molecule has 2 aromatic carbocycles. The first-order valence-corrected chi connectivity index (χ1v) is 11.1. The monoisotopic (exact) mass is 421 g/mol. The molecule has 1 heterocycles. The smallest absolute Gasteiger partial charge is 0.295 e. The van der Waals surface area contributed by atoms with Gasteiger partial charge in [-0.3, -0.25) is 9.59 Å². The second-order valence-electron chi connectivity index (χ2n) is 7.82. The van der Waals surface area contributed by atoms with Crippen molar-refractivity contribution in [2.24, 2.45) is 0 Å². The third-order valence-electron chi connectivity index (χ3n) is 5.58. The van der Waals surface area contributed by atoms with Gasteiger partial charge in [0.05, 0.1) is 18.2 Å². The van der Waals surface area contributed by atoms with Crippen LogP contribution in [0.4, 0.5) is 0 Å². The van der Waals surface area contributed by atoms with Crippen molar-refractivity contribution in [2.45, 2.75) is 52.5 Å². The van der Waals surface area contributed by atoms with Gasteiger partial charge in [0.2, 0.25) is 0 Å². The van der Waals surface area contributed by atoms with Crippen LogP contribution in [0.2, 0.25) is 0 Å². The van der Waals surface area contributed by atoms with E-state index in [-0.39, 0.29) is 11.3 Å². The largest absolute Gasteiger partial charge is 0.507 e. The summed E-state index contributed by atoms with van der Waals surface area (Å²) in [6.45, 7) is 7.18. The van der Waals surface area contributed by atoms with Crippen LogP contribution >= 0.6 is 0 Å². The summed E-state index contributed by atoms with van der Waals surface area (Å²) >= 11 is 0. The third-order valence-corrected chi connectivity index (χ3v) is 5.58. The van der Waals surface area contributed by atoms with E-state index in [1.54, 1.807) is 23.1 Å². The predicted molar refractivity (Wildman–Crippen MR) is 122 cm³/mol. The van der Waals surface area contributed by atoms with Crippen LogP contribution in [0.3, 0.4) is 0 Å². The molecule has 0 aromatic heterocycles. The molecule has 1 N–H and O–H groups in total. The van der Waals surface area contributed by atoms with Crippen LogP contribution < -0.4 is 4.74 Å². The minimum absolute atomic E-state index is 0.137. The summed E-state index contributed by atoms with van der Waals surface area (Å²) in [6, 6.07) is 14.3. The maximum Gasteiger partial charge on any atom is 0.295 e. The third kappa shape index (κ3) is 4.82. The number of amides is 1. The number of benzene rings is 2. The fourth-order valence-electron chi connectivity index (χ4n) is 3.83. The Balaban J connectivity index is 2.09. The summed E-state index contributed by atoms with van der Waals surface area (Å²) in [4.78, 5) is 27.5. The maximum absolute atomic E-state index is 13.0. The van der Waals surface area contributed by atoms with Crippen LogP contribution in [-0.4, -0.2) is 34.8 Å². The number of nitrogens with zero attached hydrogens (tertiary/aromatic N) is 1. The molecule has 2 aromatic rings. The zero-order valence-corrected chi connectivity index (χ0v) is 18.6. The minimum atomic E-state index is -0.641. The highest BCUT2D eigenvalue weighted by atomic mass is 16.5. The quantitative estimate of drug-likeness (QED) is 0.341. The molecule has 1 aliphatic rings. The van der Waals surface area contributed by atoms with Crippen molar-refractivity contribution in [1.82, 2.24) is 4.90 Å². The van der Waals surface area contributed by atoms with Gasteiger partial charge in [0.25, 0.3) is 11.7 Å². The number of likely N-dealkylation sites (tertiary alicyclic amines) is 1. The zero-order chi connectivity index (χ0) is 22.4. The average Bonchev–Trinajstić information content (AvgIpc) is 3.05. The van der Waals surface area contributed by atoms with Gasteiger partial charge in [-0.15, -0.1) is 0 Å². The van der Waals surface area contributed by atoms with E-state index in [0.717, 1.165) is 31.2 Å². The van der Waals surface area contributed by atoms with Crippen molar-refractivity contribution in [3.63, 3.8) is 0 Å². The molecule has 1 fully saturated rings. The van der Waals surface area contributed by atoms with Gasteiger partial charge in [0, 0.05) is 12.1 Å². The molecule has 5 nitrogen and oxygen atoms in total. The summed E-state index contributed by atoms with van der Waals surface area (Å²) in [7, 11) is 0. The molecular weight excluding hydrogens is 390 g/mol. The van der Waals surface area contributed by atoms with Crippen LogP contribution in [-0.2, 0) is 16.0 Å². The fraction of sp³-hybridized carbons (Fsp3) is 0.385. The Morgan fingerprint density at radius 1 is 1.03 bits per heavy atom. The van der Waals surface area contributed by atoms with E-state index in [4.69, 9.17) is 4.74 Å². The zero-order valence-electron chi connectivity index (χ0n) is 18.6. The lowest BCUT2D eigenvalue weighted by Crippen LogP contribution is -2.30. The van der Waals surface area contributed by atoms with Gasteiger partial charge >= 0.3 is 0 Å². The lowest BCUT2D eigenvalue weighted by Gasteiger charge is -2.25. The van der Waals surface area contributed by atoms with E-state index < -0.39 is 17.7 Å². The van der Waals surface area contributed by atoms with Crippen molar-refractivity contribution in [3.05, 3.63) is 70.8 Å². The van der Waals surface area contributed by atoms with Crippen molar-refractivity contribution >= 4 is 17.4 Å². The second-order valence-corrected chi connectivity index (χ2v) is 7.82. The number of carbonyl (C=O) groups is 2. The molecule has 5 heteroatoms. The first kappa shape index (κ1) is 22.6. The first-order valence-electron chi connectivity index (χ1n) is 11.1. The molecule has 31 heavy (non-hydrogen) atoms. The Kier molecular flexibility index (Phi) is 7.50. The van der Waals surface area contributed by atoms with Crippen molar-refractivity contribution in [3.8, 4) is 5.75 Å². The lowest BCUT2D eigenvalue weighted by molar-refractivity contribution is -0.139. The SMILES string of the molecule is CCCCN1C(=O)C(=O)/C(=C(\O)c2cccc(OCCC)c2)C1c1ccc(CC)cc1. The Morgan fingerprint density at radius 2 is 1.77 bits per heavy atom. The van der Waals surface area contributed by atoms with Crippen LogP contribution in [0.1, 0.15) is 62.8 Å². The number of aliphatic hydroxyl groups excluding tert-OH is 1. The summed E-state index contributed by atoms with van der Waals surface area (Å²) in [5.74, 6) is -0.741. The Labute approximate surface area is 184 Å². The number of ether oxygens (including phenoxy) is 1. The van der Waals surface area contributed by atoms with Gasteiger partial charge in [-0.1, -0.05) is 63.6 Å². The molecular formula is C26H31NO4. The molecule has 0 bridgehead atoms. The van der Waals surface area contributed by atoms with Crippen LogP contribution in [0.25, 0.3) is 5.76 Å². The lowest BCUT2D eigenvalue weighted by atomic mass is 9.94. The molecule has 1 atom stereocenters. The summed E-state index contributed by atoms with van der Waals surface area (Å²) < 4.78 is 5.67. The molecule has 0 saturated carbocycles. The standard InChI is InChI=1S/C26H31NO4/c1-4-7-15-27-23(19-13-11-18(6-3)12-14-19)22(25(29)26(27)30)24(28)20-9-8-10-21(17-20)31-16-5-2/h8-14,17,23,28H,4-7,15-16H2,1-3H3/b24-22-. The number of ketones is 1. The molecule has 0 aliphatic carbocycles. The molecule has 1 amide bonds. The maximum atomic E-state index is 13.0. The summed E-state index contributed by atoms with van der Waals surface area (Å²) in [6.07, 6.45) is 3.46. The highest BCUT2D eigenvalue weighted by Gasteiger charge is 2.45. The average molecular weight is 422 g/mol. The molecule has 0 radical (unpaired) electrons. The van der Waals surface area contributed by atoms with E-state index in [0.29, 0.717) is 24.5 Å². The van der Waals surface area contributed by atoms with Crippen molar-refractivity contribution in [2.75, 3.05) is 13.2 Å². The molecule has 164 valence electrons. The van der Waals surface area contributed by atoms with Crippen molar-refractivity contribution in [1.29, 1.82) is 0 Å². The number of hydrogen-bond acceptors (Lipinski definition) is 4. The number of unbranched alkanes of at least 4 members (excludes halogenated alkanes) is 1. The minimum Gasteiger partial charge on any atom is -0.507 e. The number of hydrogen-bond donors (Lipinski definition) is 1. The van der Waals surface area contributed by atoms with E-state index in [1.807, 2.05) is 44.2 Å². The van der Waals surface area contributed by atoms with E-state index in [2.05, 4.69) is 6.92 Å². The molecule has 1 unspecified atom stereocenters. The van der Waals surface area contributed by atoms with E-state index in [1.165, 1.54) is 5.56 Å². The number of rotatable bonds is 9. The number of aliphatic hydroxyl groups is 1. The number of aryl methyl sites for hydroxylation is 1. The van der Waals surface area contributed by atoms with Gasteiger partial charge < -0.3 is 14.7 Å². The highest BCUT2D eigenvalue weighted by molar-refractivity contribution is 6.46. The van der Waals surface area contributed by atoms with E-state index in [9.17, 15) is 14.7 Å². The topological polar surface area (TPSA) is 66.8 Å². The molecule has 1 saturated heterocycles. The normalized spacial score (nSPS) is 17.9. The Bertz CT molecular complexity index is 962. The Morgan fingerprint density at radius 3 is 2.42 bits per heavy atom. The first-order chi connectivity index (χ1) is 15.0. The van der Waals surface area contributed by atoms with Gasteiger partial charge in [-0.25, -0.2) is 0 Å². The summed E-state index contributed by atoms with van der Waals surface area (Å²) in [5, 5.41) is 11.2. The van der Waals surface area contributed by atoms with Gasteiger partial charge in [-0.05, 0) is 42.5 Å². The fourth-order valence-corrected chi connectivity index (χ4v) is 3.83. The van der Waals surface area contributed by atoms with Crippen molar-refractivity contribution < 1.29 is 19.4 Å². The van der Waals surface area contributed by atoms with Gasteiger partial charge in [0.1, 0.15) is 11.5 Å². The Hall–Kier alpha value is -3.08. The van der Waals surface area contributed by atoms with Gasteiger partial charge in [0.15, 0.2) is 0 Å².